The number of anilines is 1. The number of nitrogens with zero attached hydrogens (tertiary/aromatic N) is 2. The molecule has 0 atom stereocenters. The molecule has 0 radical (unpaired) electrons. The summed E-state index contributed by atoms with van der Waals surface area (Å²) in [5.74, 6) is -0.285. The van der Waals surface area contributed by atoms with Crippen LogP contribution < -0.4 is 11.1 Å². The van der Waals surface area contributed by atoms with Crippen LogP contribution in [0, 0.1) is 12.7 Å². The van der Waals surface area contributed by atoms with Crippen molar-refractivity contribution >= 4 is 11.9 Å². The van der Waals surface area contributed by atoms with Crippen LogP contribution in [0.1, 0.15) is 18.4 Å². The Morgan fingerprint density at radius 1 is 1.33 bits per heavy atom. The summed E-state index contributed by atoms with van der Waals surface area (Å²) in [5.41, 5.74) is 8.87. The summed E-state index contributed by atoms with van der Waals surface area (Å²) in [6, 6.07) is 4.97. The van der Waals surface area contributed by atoms with Crippen LogP contribution in [0.3, 0.4) is 0 Å². The molecular formula is C19H25FN4. The highest BCUT2D eigenvalue weighted by atomic mass is 19.1. The molecule has 0 unspecified atom stereocenters. The maximum absolute atomic E-state index is 13.9. The van der Waals surface area contributed by atoms with Crippen molar-refractivity contribution in [1.29, 1.82) is 0 Å². The fraction of sp³-hybridized carbons (Fsp3) is 0.316. The van der Waals surface area contributed by atoms with E-state index >= 15 is 0 Å². The zero-order valence-electron chi connectivity index (χ0n) is 14.3. The van der Waals surface area contributed by atoms with Gasteiger partial charge < -0.3 is 16.0 Å². The molecule has 0 spiro atoms. The lowest BCUT2D eigenvalue weighted by atomic mass is 10.2. The number of benzene rings is 1. The van der Waals surface area contributed by atoms with Crippen LogP contribution in [-0.2, 0) is 0 Å². The van der Waals surface area contributed by atoms with E-state index in [-0.39, 0.29) is 5.82 Å². The SMILES string of the molecule is C\N=C/C(=C\C(\C=C/N)=C\Nc1cc(C)ccc1F)N1CCCC1. The molecule has 0 aromatic heterocycles. The molecule has 128 valence electrons. The summed E-state index contributed by atoms with van der Waals surface area (Å²) in [6.07, 6.45) is 11.2. The van der Waals surface area contributed by atoms with E-state index in [1.807, 2.05) is 19.2 Å². The molecule has 1 saturated heterocycles. The van der Waals surface area contributed by atoms with Gasteiger partial charge in [0, 0.05) is 32.6 Å². The number of nitrogens with one attached hydrogen (secondary N) is 1. The zero-order valence-corrected chi connectivity index (χ0v) is 14.3. The number of aliphatic imine (C=N–C) groups is 1. The minimum atomic E-state index is -0.285. The van der Waals surface area contributed by atoms with E-state index < -0.39 is 0 Å². The van der Waals surface area contributed by atoms with Crippen LogP contribution in [0.25, 0.3) is 0 Å². The number of hydrogen-bond donors (Lipinski definition) is 2. The van der Waals surface area contributed by atoms with Crippen molar-refractivity contribution in [3.63, 3.8) is 0 Å². The van der Waals surface area contributed by atoms with Gasteiger partial charge in [0.25, 0.3) is 0 Å². The molecule has 5 heteroatoms. The molecule has 24 heavy (non-hydrogen) atoms. The smallest absolute Gasteiger partial charge is 0.146 e. The third-order valence-corrected chi connectivity index (χ3v) is 3.85. The number of hydrogen-bond acceptors (Lipinski definition) is 4. The minimum absolute atomic E-state index is 0.285. The minimum Gasteiger partial charge on any atom is -0.405 e. The van der Waals surface area contributed by atoms with Crippen LogP contribution in [-0.4, -0.2) is 31.3 Å². The second-order valence-corrected chi connectivity index (χ2v) is 5.78. The molecule has 1 heterocycles. The first-order valence-corrected chi connectivity index (χ1v) is 8.14. The van der Waals surface area contributed by atoms with Gasteiger partial charge >= 0.3 is 0 Å². The van der Waals surface area contributed by atoms with Crippen LogP contribution in [0.4, 0.5) is 10.1 Å². The zero-order chi connectivity index (χ0) is 17.4. The summed E-state index contributed by atoms with van der Waals surface area (Å²) in [6.45, 7) is 3.98. The molecule has 1 aromatic rings. The lowest BCUT2D eigenvalue weighted by Gasteiger charge is -2.18. The van der Waals surface area contributed by atoms with Crippen LogP contribution >= 0.6 is 0 Å². The first kappa shape index (κ1) is 17.8. The van der Waals surface area contributed by atoms with Gasteiger partial charge in [0.1, 0.15) is 5.82 Å². The van der Waals surface area contributed by atoms with Crippen LogP contribution in [0.2, 0.25) is 0 Å². The third-order valence-electron chi connectivity index (χ3n) is 3.85. The van der Waals surface area contributed by atoms with Gasteiger partial charge in [0.05, 0.1) is 11.4 Å². The summed E-state index contributed by atoms with van der Waals surface area (Å²) >= 11 is 0. The Morgan fingerprint density at radius 3 is 2.75 bits per heavy atom. The molecule has 3 N–H and O–H groups in total. The fourth-order valence-corrected chi connectivity index (χ4v) is 2.65. The van der Waals surface area contributed by atoms with Gasteiger partial charge in [-0.3, -0.25) is 4.99 Å². The van der Waals surface area contributed by atoms with Crippen LogP contribution in [0.15, 0.2) is 59.0 Å². The highest BCUT2D eigenvalue weighted by Crippen LogP contribution is 2.18. The number of aryl methyl sites for hydroxylation is 1. The average molecular weight is 328 g/mol. The van der Waals surface area contributed by atoms with E-state index in [9.17, 15) is 4.39 Å². The lowest BCUT2D eigenvalue weighted by molar-refractivity contribution is 0.450. The Kier molecular flexibility index (Phi) is 6.61. The molecule has 0 bridgehead atoms. The Labute approximate surface area is 143 Å². The van der Waals surface area contributed by atoms with Crippen molar-refractivity contribution in [3.05, 3.63) is 65.4 Å². The highest BCUT2D eigenvalue weighted by Gasteiger charge is 2.13. The van der Waals surface area contributed by atoms with Crippen molar-refractivity contribution in [2.75, 3.05) is 25.5 Å². The maximum Gasteiger partial charge on any atom is 0.146 e. The van der Waals surface area contributed by atoms with E-state index in [0.717, 1.165) is 29.9 Å². The first-order chi connectivity index (χ1) is 11.6. The van der Waals surface area contributed by atoms with Crippen LogP contribution in [0.5, 0.6) is 0 Å². The first-order valence-electron chi connectivity index (χ1n) is 8.14. The van der Waals surface area contributed by atoms with Gasteiger partial charge in [-0.25, -0.2) is 4.39 Å². The topological polar surface area (TPSA) is 53.6 Å². The van der Waals surface area contributed by atoms with Gasteiger partial charge in [-0.1, -0.05) is 6.07 Å². The maximum atomic E-state index is 13.9. The Morgan fingerprint density at radius 2 is 2.08 bits per heavy atom. The average Bonchev–Trinajstić information content (AvgIpc) is 3.09. The molecule has 1 fully saturated rings. The molecule has 1 aromatic carbocycles. The normalized spacial score (nSPS) is 16.5. The number of likely N-dealkylation sites (tertiary alicyclic amines) is 1. The molecule has 1 aliphatic rings. The van der Waals surface area contributed by atoms with E-state index in [1.165, 1.54) is 25.1 Å². The van der Waals surface area contributed by atoms with Crippen molar-refractivity contribution in [2.24, 2.45) is 10.7 Å². The molecule has 4 nitrogen and oxygen atoms in total. The second kappa shape index (κ2) is 8.91. The van der Waals surface area contributed by atoms with Crippen molar-refractivity contribution in [1.82, 2.24) is 4.90 Å². The molecule has 1 aliphatic heterocycles. The van der Waals surface area contributed by atoms with E-state index in [1.54, 1.807) is 31.5 Å². The standard InChI is InChI=1S/C19H25FN4/c1-15-5-6-18(20)19(11-15)23-13-16(7-8-21)12-17(14-22-2)24-9-3-4-10-24/h5-8,11-14,23H,3-4,9-10,21H2,1-2H3/b8-7-,16-13+,17-12+,22-14-. The summed E-state index contributed by atoms with van der Waals surface area (Å²) in [5, 5.41) is 3.03. The predicted octanol–water partition coefficient (Wildman–Crippen LogP) is 3.58. The summed E-state index contributed by atoms with van der Waals surface area (Å²) in [4.78, 5) is 6.43. The van der Waals surface area contributed by atoms with E-state index in [2.05, 4.69) is 15.2 Å². The largest absolute Gasteiger partial charge is 0.405 e. The number of halogens is 1. The van der Waals surface area contributed by atoms with E-state index in [4.69, 9.17) is 5.73 Å². The molecule has 2 rings (SSSR count). The molecule has 0 amide bonds. The van der Waals surface area contributed by atoms with Crippen molar-refractivity contribution in [2.45, 2.75) is 19.8 Å². The van der Waals surface area contributed by atoms with Gasteiger partial charge in [0.2, 0.25) is 0 Å². The predicted molar refractivity (Wildman–Crippen MR) is 99.5 cm³/mol. The fourth-order valence-electron chi connectivity index (χ4n) is 2.65. The molecular weight excluding hydrogens is 303 g/mol. The summed E-state index contributed by atoms with van der Waals surface area (Å²) in [7, 11) is 1.76. The molecule has 0 aliphatic carbocycles. The Hall–Kier alpha value is -2.56. The number of rotatable bonds is 6. The highest BCUT2D eigenvalue weighted by molar-refractivity contribution is 5.79. The van der Waals surface area contributed by atoms with Crippen molar-refractivity contribution in [3.8, 4) is 0 Å². The summed E-state index contributed by atoms with van der Waals surface area (Å²) < 4.78 is 13.9. The Bertz CT molecular complexity index is 668. The molecule has 0 saturated carbocycles. The monoisotopic (exact) mass is 328 g/mol. The van der Waals surface area contributed by atoms with E-state index in [0.29, 0.717) is 5.69 Å². The second-order valence-electron chi connectivity index (χ2n) is 5.78. The van der Waals surface area contributed by atoms with Gasteiger partial charge in [-0.15, -0.1) is 0 Å². The van der Waals surface area contributed by atoms with Crippen molar-refractivity contribution < 1.29 is 4.39 Å². The quantitative estimate of drug-likeness (QED) is 0.620. The lowest BCUT2D eigenvalue weighted by Crippen LogP contribution is -2.19. The van der Waals surface area contributed by atoms with Gasteiger partial charge in [-0.2, -0.15) is 0 Å². The number of allylic oxidation sites excluding steroid dienone is 4. The number of nitrogens with two attached hydrogens (primary N) is 1. The third kappa shape index (κ3) is 4.98. The van der Waals surface area contributed by atoms with Gasteiger partial charge in [-0.05, 0) is 61.4 Å². The van der Waals surface area contributed by atoms with Gasteiger partial charge in [0.15, 0.2) is 0 Å². The Balaban J connectivity index is 2.26.